The predicted molar refractivity (Wildman–Crippen MR) is 128 cm³/mol. The highest BCUT2D eigenvalue weighted by Crippen LogP contribution is 2.23. The van der Waals surface area contributed by atoms with Crippen LogP contribution < -0.4 is 10.1 Å². The minimum absolute atomic E-state index is 0.247. The molecule has 1 aromatic carbocycles. The van der Waals surface area contributed by atoms with Crippen LogP contribution in [0.4, 0.5) is 0 Å². The van der Waals surface area contributed by atoms with Crippen molar-refractivity contribution in [3.05, 3.63) is 36.0 Å². The molecule has 0 fully saturated rings. The number of aromatic nitrogens is 1. The number of hydrogen-bond acceptors (Lipinski definition) is 6. The van der Waals surface area contributed by atoms with Crippen LogP contribution in [0.15, 0.2) is 35.6 Å². The van der Waals surface area contributed by atoms with Gasteiger partial charge in [-0.1, -0.05) is 30.7 Å². The minimum atomic E-state index is -1.46. The van der Waals surface area contributed by atoms with Crippen LogP contribution in [0, 0.1) is 11.5 Å². The molecule has 0 aliphatic heterocycles. The van der Waals surface area contributed by atoms with E-state index < -0.39 is 19.0 Å². The van der Waals surface area contributed by atoms with E-state index in [2.05, 4.69) is 46.6 Å². The SMILES string of the molecule is CON=CC(C)(C)NC(=O)C(Oc1ccc2ncc(C#C[Si](C)(C)C)cc2c1)SC. The van der Waals surface area contributed by atoms with Gasteiger partial charge in [0.25, 0.3) is 5.91 Å². The molecule has 0 bridgehead atoms. The number of nitrogens with one attached hydrogen (secondary N) is 1. The van der Waals surface area contributed by atoms with Gasteiger partial charge in [-0.2, -0.15) is 0 Å². The third kappa shape index (κ3) is 7.39. The highest BCUT2D eigenvalue weighted by Gasteiger charge is 2.26. The topological polar surface area (TPSA) is 72.8 Å². The molecule has 1 atom stereocenters. The second-order valence-electron chi connectivity index (χ2n) is 8.39. The van der Waals surface area contributed by atoms with E-state index in [9.17, 15) is 4.79 Å². The van der Waals surface area contributed by atoms with Gasteiger partial charge in [0.2, 0.25) is 5.44 Å². The molecule has 1 N–H and O–H groups in total. The molecule has 1 unspecified atom stereocenters. The van der Waals surface area contributed by atoms with Gasteiger partial charge in [-0.15, -0.1) is 17.3 Å². The second-order valence-corrected chi connectivity index (χ2v) is 14.0. The molecule has 0 aliphatic carbocycles. The Morgan fingerprint density at radius 3 is 2.70 bits per heavy atom. The first-order valence-corrected chi connectivity index (χ1v) is 14.3. The van der Waals surface area contributed by atoms with Crippen LogP contribution in [0.3, 0.4) is 0 Å². The molecule has 1 heterocycles. The number of rotatable bonds is 7. The number of pyridine rings is 1. The fourth-order valence-electron chi connectivity index (χ4n) is 2.44. The Morgan fingerprint density at radius 1 is 1.33 bits per heavy atom. The summed E-state index contributed by atoms with van der Waals surface area (Å²) in [6, 6.07) is 7.58. The van der Waals surface area contributed by atoms with Crippen molar-refractivity contribution in [2.24, 2.45) is 5.16 Å². The predicted octanol–water partition coefficient (Wildman–Crippen LogP) is 4.06. The monoisotopic (exact) mass is 443 g/mol. The molecule has 0 aliphatic rings. The Hall–Kier alpha value is -2.50. The van der Waals surface area contributed by atoms with Crippen molar-refractivity contribution >= 4 is 42.9 Å². The summed E-state index contributed by atoms with van der Waals surface area (Å²) >= 11 is 1.31. The molecule has 0 saturated carbocycles. The second kappa shape index (κ2) is 10.0. The lowest BCUT2D eigenvalue weighted by molar-refractivity contribution is -0.125. The van der Waals surface area contributed by atoms with Crippen LogP contribution in [-0.2, 0) is 9.63 Å². The van der Waals surface area contributed by atoms with E-state index in [1.165, 1.54) is 25.1 Å². The molecule has 0 saturated heterocycles. The molecule has 8 heteroatoms. The third-order valence-corrected chi connectivity index (χ3v) is 5.45. The number of benzene rings is 1. The van der Waals surface area contributed by atoms with Gasteiger partial charge in [-0.25, -0.2) is 0 Å². The summed E-state index contributed by atoms with van der Waals surface area (Å²) in [5.74, 6) is 3.57. The van der Waals surface area contributed by atoms with Crippen LogP contribution >= 0.6 is 11.8 Å². The molecule has 160 valence electrons. The Bertz CT molecular complexity index is 991. The fraction of sp³-hybridized carbons (Fsp3) is 0.409. The highest BCUT2D eigenvalue weighted by molar-refractivity contribution is 7.99. The Morgan fingerprint density at radius 2 is 2.07 bits per heavy atom. The molecule has 30 heavy (non-hydrogen) atoms. The van der Waals surface area contributed by atoms with E-state index in [0.29, 0.717) is 5.75 Å². The zero-order valence-electron chi connectivity index (χ0n) is 18.6. The van der Waals surface area contributed by atoms with Gasteiger partial charge in [0, 0.05) is 17.1 Å². The number of nitrogens with zero attached hydrogens (tertiary/aromatic N) is 2. The van der Waals surface area contributed by atoms with Gasteiger partial charge in [0.1, 0.15) is 20.9 Å². The number of hydrogen-bond donors (Lipinski definition) is 1. The summed E-state index contributed by atoms with van der Waals surface area (Å²) < 4.78 is 5.96. The van der Waals surface area contributed by atoms with Crippen LogP contribution in [0.25, 0.3) is 10.9 Å². The van der Waals surface area contributed by atoms with Crippen LogP contribution in [0.5, 0.6) is 5.75 Å². The van der Waals surface area contributed by atoms with Crippen LogP contribution in [0.2, 0.25) is 19.6 Å². The van der Waals surface area contributed by atoms with E-state index in [-0.39, 0.29) is 5.91 Å². The number of thioether (sulfide) groups is 1. The minimum Gasteiger partial charge on any atom is -0.470 e. The van der Waals surface area contributed by atoms with Gasteiger partial charge >= 0.3 is 0 Å². The van der Waals surface area contributed by atoms with Gasteiger partial charge in [-0.3, -0.25) is 9.78 Å². The molecule has 1 amide bonds. The van der Waals surface area contributed by atoms with Crippen molar-refractivity contribution in [1.82, 2.24) is 10.3 Å². The standard InChI is InChI=1S/C22H29N3O3SSi/c1-22(2,15-24-27-3)25-20(26)21(29-4)28-18-8-9-19-17(13-18)12-16(14-23-19)10-11-30(5,6)7/h8-9,12-15,21H,1-7H3,(H,25,26). The molecule has 2 rings (SSSR count). The number of amides is 1. The van der Waals surface area contributed by atoms with E-state index in [1.54, 1.807) is 6.20 Å². The van der Waals surface area contributed by atoms with Gasteiger partial charge in [-0.05, 0) is 44.4 Å². The molecule has 2 aromatic rings. The first-order chi connectivity index (χ1) is 14.0. The van der Waals surface area contributed by atoms with Gasteiger partial charge in [0.05, 0.1) is 17.3 Å². The molecule has 1 aromatic heterocycles. The maximum absolute atomic E-state index is 12.7. The summed E-state index contributed by atoms with van der Waals surface area (Å²) in [6.07, 6.45) is 5.15. The maximum atomic E-state index is 12.7. The average Bonchev–Trinajstić information content (AvgIpc) is 2.67. The molecular formula is C22H29N3O3SSi. The zero-order valence-corrected chi connectivity index (χ0v) is 20.4. The summed E-state index contributed by atoms with van der Waals surface area (Å²) in [4.78, 5) is 21.8. The first-order valence-electron chi connectivity index (χ1n) is 9.55. The third-order valence-electron chi connectivity index (χ3n) is 3.83. The quantitative estimate of drug-likeness (QED) is 0.230. The van der Waals surface area contributed by atoms with Crippen molar-refractivity contribution in [1.29, 1.82) is 0 Å². The lowest BCUT2D eigenvalue weighted by Gasteiger charge is -2.24. The smallest absolute Gasteiger partial charge is 0.272 e. The summed E-state index contributed by atoms with van der Waals surface area (Å²) in [5.41, 5.74) is 3.70. The lowest BCUT2D eigenvalue weighted by Crippen LogP contribution is -2.49. The van der Waals surface area contributed by atoms with Crippen molar-refractivity contribution < 1.29 is 14.4 Å². The van der Waals surface area contributed by atoms with E-state index in [1.807, 2.05) is 44.4 Å². The number of carbonyl (C=O) groups excluding carboxylic acids is 1. The Labute approximate surface area is 183 Å². The molecular weight excluding hydrogens is 414 g/mol. The van der Waals surface area contributed by atoms with E-state index in [4.69, 9.17) is 9.57 Å². The molecule has 6 nitrogen and oxygen atoms in total. The van der Waals surface area contributed by atoms with Crippen LogP contribution in [0.1, 0.15) is 19.4 Å². The van der Waals surface area contributed by atoms with Crippen LogP contribution in [-0.4, -0.2) is 49.5 Å². The summed E-state index contributed by atoms with van der Waals surface area (Å²) in [6.45, 7) is 10.3. The first kappa shape index (κ1) is 23.8. The largest absolute Gasteiger partial charge is 0.470 e. The molecule has 0 radical (unpaired) electrons. The van der Waals surface area contributed by atoms with E-state index in [0.717, 1.165) is 16.5 Å². The van der Waals surface area contributed by atoms with Crippen molar-refractivity contribution in [3.8, 4) is 17.2 Å². The van der Waals surface area contributed by atoms with Crippen molar-refractivity contribution in [2.75, 3.05) is 13.4 Å². The number of oxime groups is 1. The summed E-state index contributed by atoms with van der Waals surface area (Å²) in [5, 5.41) is 7.55. The van der Waals surface area contributed by atoms with Gasteiger partial charge < -0.3 is 14.9 Å². The number of fused-ring (bicyclic) bond motifs is 1. The Kier molecular flexibility index (Phi) is 7.93. The van der Waals surface area contributed by atoms with Gasteiger partial charge in [0.15, 0.2) is 0 Å². The fourth-order valence-corrected chi connectivity index (χ4v) is 3.44. The summed E-state index contributed by atoms with van der Waals surface area (Å²) in [7, 11) is -0.00684. The number of carbonyl (C=O) groups is 1. The zero-order chi connectivity index (χ0) is 22.4. The number of ether oxygens (including phenoxy) is 1. The van der Waals surface area contributed by atoms with Crippen molar-refractivity contribution in [2.45, 2.75) is 44.5 Å². The highest BCUT2D eigenvalue weighted by atomic mass is 32.2. The van der Waals surface area contributed by atoms with E-state index >= 15 is 0 Å². The average molecular weight is 444 g/mol. The lowest BCUT2D eigenvalue weighted by atomic mass is 10.1. The normalized spacial score (nSPS) is 12.9. The van der Waals surface area contributed by atoms with Crippen molar-refractivity contribution in [3.63, 3.8) is 0 Å². The molecule has 0 spiro atoms. The maximum Gasteiger partial charge on any atom is 0.272 e. The Balaban J connectivity index is 2.20.